The summed E-state index contributed by atoms with van der Waals surface area (Å²) in [7, 11) is -3.67. The number of halogens is 1. The van der Waals surface area contributed by atoms with Crippen molar-refractivity contribution in [3.8, 4) is 0 Å². The van der Waals surface area contributed by atoms with Crippen LogP contribution in [0.4, 0.5) is 5.69 Å². The van der Waals surface area contributed by atoms with Crippen LogP contribution < -0.4 is 4.72 Å². The third-order valence-corrected chi connectivity index (χ3v) is 5.83. The van der Waals surface area contributed by atoms with Crippen LogP contribution in [0.2, 0.25) is 5.02 Å². The summed E-state index contributed by atoms with van der Waals surface area (Å²) in [6.07, 6.45) is 1.83. The first-order valence-corrected chi connectivity index (χ1v) is 9.88. The van der Waals surface area contributed by atoms with Crippen LogP contribution in [0.3, 0.4) is 0 Å². The Hall–Kier alpha value is -1.17. The van der Waals surface area contributed by atoms with Gasteiger partial charge in [0.25, 0.3) is 10.0 Å². The smallest absolute Gasteiger partial charge is 0.263 e. The van der Waals surface area contributed by atoms with Crippen molar-refractivity contribution in [2.24, 2.45) is 0 Å². The van der Waals surface area contributed by atoms with E-state index >= 15 is 0 Å². The molecular weight excluding hydrogens is 338 g/mol. The van der Waals surface area contributed by atoms with E-state index in [0.717, 1.165) is 5.56 Å². The van der Waals surface area contributed by atoms with E-state index in [9.17, 15) is 8.42 Å². The second-order valence-electron chi connectivity index (χ2n) is 5.18. The molecule has 0 aliphatic rings. The Labute approximate surface area is 141 Å². The lowest BCUT2D eigenvalue weighted by atomic mass is 10.0. The van der Waals surface area contributed by atoms with Gasteiger partial charge in [-0.15, -0.1) is 11.8 Å². The fourth-order valence-corrected chi connectivity index (χ4v) is 4.46. The standard InChI is InChI=1S/C16H18ClNO2S2/c1-11(2)12-4-7-14(8-5-12)18-22(19,20)16-10-13(17)6-9-15(16)21-3/h4-11,18H,1-3H3. The van der Waals surface area contributed by atoms with Gasteiger partial charge in [0.1, 0.15) is 4.90 Å². The molecular formula is C16H18ClNO2S2. The van der Waals surface area contributed by atoms with Crippen LogP contribution in [0.15, 0.2) is 52.3 Å². The molecule has 0 fully saturated rings. The third-order valence-electron chi connectivity index (χ3n) is 3.24. The summed E-state index contributed by atoms with van der Waals surface area (Å²) < 4.78 is 27.7. The van der Waals surface area contributed by atoms with E-state index in [1.165, 1.54) is 17.8 Å². The van der Waals surface area contributed by atoms with Gasteiger partial charge in [-0.3, -0.25) is 4.72 Å². The van der Waals surface area contributed by atoms with E-state index in [2.05, 4.69) is 18.6 Å². The molecule has 1 N–H and O–H groups in total. The van der Waals surface area contributed by atoms with E-state index in [4.69, 9.17) is 11.6 Å². The summed E-state index contributed by atoms with van der Waals surface area (Å²) in [6.45, 7) is 4.19. The highest BCUT2D eigenvalue weighted by molar-refractivity contribution is 7.99. The summed E-state index contributed by atoms with van der Waals surface area (Å²) in [5.74, 6) is 0.404. The van der Waals surface area contributed by atoms with Gasteiger partial charge in [-0.1, -0.05) is 37.6 Å². The minimum atomic E-state index is -3.67. The van der Waals surface area contributed by atoms with Crippen molar-refractivity contribution in [1.82, 2.24) is 0 Å². The fourth-order valence-electron chi connectivity index (χ4n) is 2.01. The van der Waals surface area contributed by atoms with Crippen molar-refractivity contribution >= 4 is 39.1 Å². The van der Waals surface area contributed by atoms with Crippen molar-refractivity contribution < 1.29 is 8.42 Å². The van der Waals surface area contributed by atoms with Crippen LogP contribution in [0, 0.1) is 0 Å². The van der Waals surface area contributed by atoms with Gasteiger partial charge in [0.2, 0.25) is 0 Å². The normalized spacial score (nSPS) is 11.7. The topological polar surface area (TPSA) is 46.2 Å². The first kappa shape index (κ1) is 17.2. The maximum atomic E-state index is 12.6. The monoisotopic (exact) mass is 355 g/mol. The molecule has 0 saturated heterocycles. The number of nitrogens with one attached hydrogen (secondary N) is 1. The van der Waals surface area contributed by atoms with Gasteiger partial charge in [-0.2, -0.15) is 0 Å². The molecule has 0 bridgehead atoms. The minimum Gasteiger partial charge on any atom is -0.280 e. The van der Waals surface area contributed by atoms with E-state index in [1.54, 1.807) is 24.3 Å². The van der Waals surface area contributed by atoms with Crippen LogP contribution in [-0.4, -0.2) is 14.7 Å². The average Bonchev–Trinajstić information content (AvgIpc) is 2.47. The van der Waals surface area contributed by atoms with Crippen LogP contribution in [0.1, 0.15) is 25.3 Å². The van der Waals surface area contributed by atoms with Gasteiger partial charge in [-0.05, 0) is 48.1 Å². The van der Waals surface area contributed by atoms with Gasteiger partial charge in [0.05, 0.1) is 0 Å². The summed E-state index contributed by atoms with van der Waals surface area (Å²) in [5.41, 5.74) is 1.70. The van der Waals surface area contributed by atoms with Crippen LogP contribution in [-0.2, 0) is 10.0 Å². The first-order valence-electron chi connectivity index (χ1n) is 6.80. The molecule has 0 aliphatic carbocycles. The van der Waals surface area contributed by atoms with E-state index in [0.29, 0.717) is 21.5 Å². The lowest BCUT2D eigenvalue weighted by molar-refractivity contribution is 0.599. The highest BCUT2D eigenvalue weighted by Crippen LogP contribution is 2.29. The zero-order valence-corrected chi connectivity index (χ0v) is 15.0. The summed E-state index contributed by atoms with van der Waals surface area (Å²) in [6, 6.07) is 12.3. The summed E-state index contributed by atoms with van der Waals surface area (Å²) >= 11 is 7.31. The van der Waals surface area contributed by atoms with Crippen molar-refractivity contribution in [2.45, 2.75) is 29.6 Å². The number of rotatable bonds is 5. The maximum Gasteiger partial charge on any atom is 0.263 e. The van der Waals surface area contributed by atoms with Crippen LogP contribution in [0.25, 0.3) is 0 Å². The molecule has 3 nitrogen and oxygen atoms in total. The Morgan fingerprint density at radius 3 is 2.27 bits per heavy atom. The number of sulfonamides is 1. The molecule has 118 valence electrons. The number of thioether (sulfide) groups is 1. The quantitative estimate of drug-likeness (QED) is 0.769. The zero-order chi connectivity index (χ0) is 16.3. The first-order chi connectivity index (χ1) is 10.3. The number of anilines is 1. The SMILES string of the molecule is CSc1ccc(Cl)cc1S(=O)(=O)Nc1ccc(C(C)C)cc1. The van der Waals surface area contributed by atoms with Gasteiger partial charge in [-0.25, -0.2) is 8.42 Å². The zero-order valence-electron chi connectivity index (χ0n) is 12.6. The van der Waals surface area contributed by atoms with Gasteiger partial charge < -0.3 is 0 Å². The highest BCUT2D eigenvalue weighted by atomic mass is 35.5. The molecule has 0 spiro atoms. The maximum absolute atomic E-state index is 12.6. The Morgan fingerprint density at radius 1 is 1.09 bits per heavy atom. The Morgan fingerprint density at radius 2 is 1.73 bits per heavy atom. The second-order valence-corrected chi connectivity index (χ2v) is 8.11. The molecule has 0 amide bonds. The van der Waals surface area contributed by atoms with Crippen LogP contribution >= 0.6 is 23.4 Å². The molecule has 22 heavy (non-hydrogen) atoms. The molecule has 0 radical (unpaired) electrons. The Kier molecular flexibility index (Phi) is 5.42. The van der Waals surface area contributed by atoms with Gasteiger partial charge >= 0.3 is 0 Å². The largest absolute Gasteiger partial charge is 0.280 e. The molecule has 2 aromatic rings. The molecule has 0 unspecified atom stereocenters. The minimum absolute atomic E-state index is 0.195. The molecule has 2 rings (SSSR count). The predicted molar refractivity (Wildman–Crippen MR) is 94.6 cm³/mol. The van der Waals surface area contributed by atoms with Crippen molar-refractivity contribution in [3.63, 3.8) is 0 Å². The van der Waals surface area contributed by atoms with E-state index in [-0.39, 0.29) is 4.90 Å². The van der Waals surface area contributed by atoms with Gasteiger partial charge in [0.15, 0.2) is 0 Å². The molecule has 0 aliphatic heterocycles. The Balaban J connectivity index is 2.33. The lowest BCUT2D eigenvalue weighted by Gasteiger charge is -2.12. The summed E-state index contributed by atoms with van der Waals surface area (Å²) in [4.78, 5) is 0.858. The Bertz CT molecular complexity index is 756. The number of hydrogen-bond donors (Lipinski definition) is 1. The van der Waals surface area contributed by atoms with Gasteiger partial charge in [0, 0.05) is 15.6 Å². The van der Waals surface area contributed by atoms with Crippen molar-refractivity contribution in [3.05, 3.63) is 53.1 Å². The lowest BCUT2D eigenvalue weighted by Crippen LogP contribution is -2.14. The second kappa shape index (κ2) is 6.94. The number of benzene rings is 2. The van der Waals surface area contributed by atoms with E-state index < -0.39 is 10.0 Å². The molecule has 0 heterocycles. The van der Waals surface area contributed by atoms with Crippen molar-refractivity contribution in [1.29, 1.82) is 0 Å². The average molecular weight is 356 g/mol. The van der Waals surface area contributed by atoms with Crippen molar-refractivity contribution in [2.75, 3.05) is 11.0 Å². The molecule has 2 aromatic carbocycles. The predicted octanol–water partition coefficient (Wildman–Crippen LogP) is 4.99. The van der Waals surface area contributed by atoms with E-state index in [1.807, 2.05) is 18.4 Å². The highest BCUT2D eigenvalue weighted by Gasteiger charge is 2.19. The molecule has 0 atom stereocenters. The molecule has 0 saturated carbocycles. The molecule has 6 heteroatoms. The fraction of sp³-hybridized carbons (Fsp3) is 0.250. The molecule has 0 aromatic heterocycles. The third kappa shape index (κ3) is 3.97. The van der Waals surface area contributed by atoms with Crippen LogP contribution in [0.5, 0.6) is 0 Å². The summed E-state index contributed by atoms with van der Waals surface area (Å²) in [5, 5.41) is 0.397. The number of hydrogen-bond acceptors (Lipinski definition) is 3.